The van der Waals surface area contributed by atoms with Crippen molar-refractivity contribution >= 4 is 22.2 Å². The van der Waals surface area contributed by atoms with Gasteiger partial charge in [0.2, 0.25) is 5.75 Å². The molecule has 2 rings (SSSR count). The van der Waals surface area contributed by atoms with E-state index in [0.29, 0.717) is 17.2 Å². The van der Waals surface area contributed by atoms with Crippen LogP contribution >= 0.6 is 11.5 Å². The van der Waals surface area contributed by atoms with E-state index in [1.165, 1.54) is 12.1 Å². The second kappa shape index (κ2) is 6.24. The minimum absolute atomic E-state index is 0.0966. The van der Waals surface area contributed by atoms with Crippen LogP contribution in [0.4, 0.5) is 15.1 Å². The number of nitro groups is 1. The van der Waals surface area contributed by atoms with Gasteiger partial charge in [0.25, 0.3) is 0 Å². The number of rotatable bonds is 6. The van der Waals surface area contributed by atoms with Crippen molar-refractivity contribution in [3.8, 4) is 5.75 Å². The minimum atomic E-state index is -0.785. The molecule has 0 spiro atoms. The van der Waals surface area contributed by atoms with Crippen molar-refractivity contribution in [1.29, 1.82) is 0 Å². The van der Waals surface area contributed by atoms with Crippen molar-refractivity contribution in [2.75, 3.05) is 11.9 Å². The number of hydrogen-bond donors (Lipinski definition) is 1. The van der Waals surface area contributed by atoms with Crippen molar-refractivity contribution in [3.63, 3.8) is 0 Å². The monoisotopic (exact) mass is 298 g/mol. The van der Waals surface area contributed by atoms with Gasteiger partial charge in [-0.25, -0.2) is 4.39 Å². The van der Waals surface area contributed by atoms with Crippen molar-refractivity contribution in [3.05, 3.63) is 39.8 Å². The van der Waals surface area contributed by atoms with Gasteiger partial charge in [0, 0.05) is 24.1 Å². The van der Waals surface area contributed by atoms with Crippen LogP contribution < -0.4 is 10.1 Å². The van der Waals surface area contributed by atoms with Gasteiger partial charge in [0.1, 0.15) is 17.3 Å². The molecule has 1 N–H and O–H groups in total. The maximum absolute atomic E-state index is 13.6. The Kier molecular flexibility index (Phi) is 4.41. The molecule has 0 aliphatic carbocycles. The van der Waals surface area contributed by atoms with E-state index < -0.39 is 22.2 Å². The summed E-state index contributed by atoms with van der Waals surface area (Å²) in [6, 6.07) is 3.55. The summed E-state index contributed by atoms with van der Waals surface area (Å²) < 4.78 is 22.6. The Morgan fingerprint density at radius 3 is 3.05 bits per heavy atom. The van der Waals surface area contributed by atoms with E-state index in [1.54, 1.807) is 0 Å². The first-order valence-corrected chi connectivity index (χ1v) is 6.51. The second-order valence-electron chi connectivity index (χ2n) is 3.71. The summed E-state index contributed by atoms with van der Waals surface area (Å²) in [6.07, 6.45) is 0. The van der Waals surface area contributed by atoms with E-state index >= 15 is 0 Å². The lowest BCUT2D eigenvalue weighted by Gasteiger charge is -2.07. The molecule has 1 heterocycles. The van der Waals surface area contributed by atoms with Gasteiger partial charge in [-0.2, -0.15) is 0 Å². The molecule has 0 fully saturated rings. The van der Waals surface area contributed by atoms with Crippen LogP contribution in [0.1, 0.15) is 12.6 Å². The molecule has 0 aliphatic rings. The number of nitrogens with zero attached hydrogens (tertiary/aromatic N) is 3. The summed E-state index contributed by atoms with van der Waals surface area (Å²) in [5.74, 6) is -1.18. The Bertz CT molecular complexity index is 619. The van der Waals surface area contributed by atoms with Gasteiger partial charge in [-0.1, -0.05) is 10.6 Å². The number of para-hydroxylation sites is 1. The maximum atomic E-state index is 13.6. The standard InChI is InChI=1S/C11H11FN4O3S/c1-2-13-11-8(14-15-20-11)6-19-10-7(12)4-3-5-9(10)16(17)18/h3-5,13H,2,6H2,1H3. The van der Waals surface area contributed by atoms with E-state index in [4.69, 9.17) is 4.74 Å². The van der Waals surface area contributed by atoms with Crippen LogP contribution in [0.5, 0.6) is 5.75 Å². The summed E-state index contributed by atoms with van der Waals surface area (Å²) in [5.41, 5.74) is 0.0626. The molecule has 0 unspecified atom stereocenters. The molecule has 0 amide bonds. The highest BCUT2D eigenvalue weighted by molar-refractivity contribution is 7.10. The summed E-state index contributed by atoms with van der Waals surface area (Å²) >= 11 is 1.14. The predicted octanol–water partition coefficient (Wildman–Crippen LogP) is 2.60. The normalized spacial score (nSPS) is 10.3. The summed E-state index contributed by atoms with van der Waals surface area (Å²) in [5, 5.41) is 18.4. The highest BCUT2D eigenvalue weighted by atomic mass is 32.1. The third kappa shape index (κ3) is 2.99. The van der Waals surface area contributed by atoms with Crippen LogP contribution in [0.3, 0.4) is 0 Å². The molecule has 0 aliphatic heterocycles. The number of anilines is 1. The van der Waals surface area contributed by atoms with Crippen LogP contribution in [0.15, 0.2) is 18.2 Å². The number of halogens is 1. The molecule has 1 aromatic carbocycles. The Balaban J connectivity index is 2.18. The molecule has 0 bridgehead atoms. The lowest BCUT2D eigenvalue weighted by molar-refractivity contribution is -0.386. The van der Waals surface area contributed by atoms with E-state index in [-0.39, 0.29) is 6.61 Å². The Morgan fingerprint density at radius 1 is 1.55 bits per heavy atom. The average Bonchev–Trinajstić information content (AvgIpc) is 2.85. The molecule has 20 heavy (non-hydrogen) atoms. The molecule has 106 valence electrons. The van der Waals surface area contributed by atoms with E-state index in [1.807, 2.05) is 6.92 Å². The predicted molar refractivity (Wildman–Crippen MR) is 71.5 cm³/mol. The third-order valence-electron chi connectivity index (χ3n) is 2.39. The van der Waals surface area contributed by atoms with E-state index in [0.717, 1.165) is 17.6 Å². The van der Waals surface area contributed by atoms with Gasteiger partial charge in [-0.3, -0.25) is 10.1 Å². The number of nitro benzene ring substituents is 1. The maximum Gasteiger partial charge on any atom is 0.314 e. The number of benzene rings is 1. The molecule has 2 aromatic rings. The van der Waals surface area contributed by atoms with Crippen molar-refractivity contribution in [2.45, 2.75) is 13.5 Å². The molecule has 0 saturated carbocycles. The smallest absolute Gasteiger partial charge is 0.314 e. The molecular formula is C11H11FN4O3S. The molecule has 0 radical (unpaired) electrons. The number of nitrogens with one attached hydrogen (secondary N) is 1. The summed E-state index contributed by atoms with van der Waals surface area (Å²) in [4.78, 5) is 10.1. The number of aromatic nitrogens is 2. The van der Waals surface area contributed by atoms with Gasteiger partial charge in [0.15, 0.2) is 5.82 Å². The fourth-order valence-corrected chi connectivity index (χ4v) is 2.16. The van der Waals surface area contributed by atoms with Crippen LogP contribution in [0.2, 0.25) is 0 Å². The topological polar surface area (TPSA) is 90.2 Å². The number of hydrogen-bond acceptors (Lipinski definition) is 7. The summed E-state index contributed by atoms with van der Waals surface area (Å²) in [7, 11) is 0. The van der Waals surface area contributed by atoms with Crippen molar-refractivity contribution in [1.82, 2.24) is 9.59 Å². The van der Waals surface area contributed by atoms with Gasteiger partial charge >= 0.3 is 5.69 Å². The zero-order valence-electron chi connectivity index (χ0n) is 10.5. The highest BCUT2D eigenvalue weighted by Gasteiger charge is 2.20. The third-order valence-corrected chi connectivity index (χ3v) is 3.12. The lowest BCUT2D eigenvalue weighted by atomic mass is 10.3. The summed E-state index contributed by atoms with van der Waals surface area (Å²) in [6.45, 7) is 2.49. The fraction of sp³-hybridized carbons (Fsp3) is 0.273. The van der Waals surface area contributed by atoms with E-state index in [2.05, 4.69) is 14.9 Å². The highest BCUT2D eigenvalue weighted by Crippen LogP contribution is 2.31. The van der Waals surface area contributed by atoms with Gasteiger partial charge in [-0.15, -0.1) is 5.10 Å². The molecular weight excluding hydrogens is 287 g/mol. The molecule has 1 aromatic heterocycles. The first-order valence-electron chi connectivity index (χ1n) is 5.74. The minimum Gasteiger partial charge on any atom is -0.478 e. The van der Waals surface area contributed by atoms with Crippen molar-refractivity contribution in [2.24, 2.45) is 0 Å². The first kappa shape index (κ1) is 14.1. The second-order valence-corrected chi connectivity index (χ2v) is 4.47. The van der Waals surface area contributed by atoms with Crippen LogP contribution in [0.25, 0.3) is 0 Å². The molecule has 0 atom stereocenters. The van der Waals surface area contributed by atoms with Crippen LogP contribution in [0, 0.1) is 15.9 Å². The quantitative estimate of drug-likeness (QED) is 0.651. The zero-order valence-corrected chi connectivity index (χ0v) is 11.3. The molecule has 0 saturated heterocycles. The molecule has 7 nitrogen and oxygen atoms in total. The van der Waals surface area contributed by atoms with Gasteiger partial charge < -0.3 is 10.1 Å². The van der Waals surface area contributed by atoms with E-state index in [9.17, 15) is 14.5 Å². The number of ether oxygens (including phenoxy) is 1. The average molecular weight is 298 g/mol. The van der Waals surface area contributed by atoms with Crippen LogP contribution in [-0.2, 0) is 6.61 Å². The Morgan fingerprint density at radius 2 is 2.35 bits per heavy atom. The Labute approximate surface area is 117 Å². The SMILES string of the molecule is CCNc1snnc1COc1c(F)cccc1[N+](=O)[O-]. The lowest BCUT2D eigenvalue weighted by Crippen LogP contribution is -2.04. The van der Waals surface area contributed by atoms with Crippen LogP contribution in [-0.4, -0.2) is 21.1 Å². The molecule has 9 heteroatoms. The van der Waals surface area contributed by atoms with Gasteiger partial charge in [-0.05, 0) is 13.0 Å². The van der Waals surface area contributed by atoms with Crippen molar-refractivity contribution < 1.29 is 14.1 Å². The largest absolute Gasteiger partial charge is 0.478 e. The first-order chi connectivity index (χ1) is 9.63. The fourth-order valence-electron chi connectivity index (χ4n) is 1.52. The zero-order chi connectivity index (χ0) is 14.5. The van der Waals surface area contributed by atoms with Gasteiger partial charge in [0.05, 0.1) is 4.92 Å². The Hall–Kier alpha value is -2.29.